The van der Waals surface area contributed by atoms with Gasteiger partial charge in [-0.2, -0.15) is 13.2 Å². The second-order valence-electron chi connectivity index (χ2n) is 6.40. The average molecular weight is 373 g/mol. The Labute approximate surface area is 151 Å². The summed E-state index contributed by atoms with van der Waals surface area (Å²) in [5.41, 5.74) is 0.918. The van der Waals surface area contributed by atoms with Crippen molar-refractivity contribution in [1.82, 2.24) is 15.6 Å². The maximum Gasteiger partial charge on any atom is 0.390 e. The van der Waals surface area contributed by atoms with Gasteiger partial charge >= 0.3 is 6.18 Å². The lowest BCUT2D eigenvalue weighted by Gasteiger charge is -2.36. The molecule has 0 amide bonds. The summed E-state index contributed by atoms with van der Waals surface area (Å²) in [7, 11) is 1.52. The van der Waals surface area contributed by atoms with E-state index in [1.165, 1.54) is 7.05 Å². The molecule has 2 atom stereocenters. The van der Waals surface area contributed by atoms with E-state index in [1.54, 1.807) is 6.20 Å². The maximum atomic E-state index is 12.2. The fourth-order valence-corrected chi connectivity index (χ4v) is 2.80. The molecular formula is C17H26F3N5O. The number of aliphatic imine (C=N–C) groups is 1. The number of morpholine rings is 1. The van der Waals surface area contributed by atoms with E-state index in [0.717, 1.165) is 24.5 Å². The van der Waals surface area contributed by atoms with Gasteiger partial charge in [0.2, 0.25) is 0 Å². The lowest BCUT2D eigenvalue weighted by atomic mass is 10.2. The lowest BCUT2D eigenvalue weighted by molar-refractivity contribution is -0.132. The molecule has 1 aromatic heterocycles. The van der Waals surface area contributed by atoms with Crippen LogP contribution in [0.2, 0.25) is 0 Å². The first kappa shape index (κ1) is 20.3. The summed E-state index contributed by atoms with van der Waals surface area (Å²) in [6.07, 6.45) is -3.00. The number of guanidine groups is 1. The van der Waals surface area contributed by atoms with Crippen molar-refractivity contribution in [3.63, 3.8) is 0 Å². The minimum Gasteiger partial charge on any atom is -0.372 e. The molecule has 0 saturated carbocycles. The third-order valence-electron chi connectivity index (χ3n) is 3.94. The number of alkyl halides is 3. The Bertz CT molecular complexity index is 581. The molecule has 2 unspecified atom stereocenters. The van der Waals surface area contributed by atoms with Crippen molar-refractivity contribution in [3.8, 4) is 0 Å². The molecule has 1 aliphatic heterocycles. The molecule has 0 radical (unpaired) electrons. The van der Waals surface area contributed by atoms with Gasteiger partial charge in [-0.25, -0.2) is 4.98 Å². The molecule has 146 valence electrons. The third kappa shape index (κ3) is 6.70. The van der Waals surface area contributed by atoms with Crippen molar-refractivity contribution < 1.29 is 17.9 Å². The van der Waals surface area contributed by atoms with Crippen LogP contribution in [0.4, 0.5) is 19.0 Å². The third-order valence-corrected chi connectivity index (χ3v) is 3.94. The first-order chi connectivity index (χ1) is 12.3. The highest BCUT2D eigenvalue weighted by Gasteiger charge is 2.26. The molecular weight excluding hydrogens is 347 g/mol. The van der Waals surface area contributed by atoms with Crippen LogP contribution >= 0.6 is 0 Å². The number of hydrogen-bond donors (Lipinski definition) is 2. The highest BCUT2D eigenvalue weighted by atomic mass is 19.4. The van der Waals surface area contributed by atoms with Crippen molar-refractivity contribution in [2.24, 2.45) is 4.99 Å². The van der Waals surface area contributed by atoms with Crippen molar-refractivity contribution in [2.45, 2.75) is 45.2 Å². The number of nitrogens with zero attached hydrogens (tertiary/aromatic N) is 3. The summed E-state index contributed by atoms with van der Waals surface area (Å²) in [5.74, 6) is 1.22. The molecule has 9 heteroatoms. The van der Waals surface area contributed by atoms with E-state index in [2.05, 4.69) is 25.5 Å². The van der Waals surface area contributed by atoms with Crippen LogP contribution in [-0.4, -0.2) is 56.0 Å². The predicted octanol–water partition coefficient (Wildman–Crippen LogP) is 2.31. The largest absolute Gasteiger partial charge is 0.390 e. The molecule has 2 rings (SSSR count). The van der Waals surface area contributed by atoms with Gasteiger partial charge in [0, 0.05) is 39.4 Å². The van der Waals surface area contributed by atoms with E-state index in [-0.39, 0.29) is 18.8 Å². The quantitative estimate of drug-likeness (QED) is 0.613. The zero-order valence-corrected chi connectivity index (χ0v) is 15.3. The fraction of sp³-hybridized carbons (Fsp3) is 0.647. The lowest BCUT2D eigenvalue weighted by Crippen LogP contribution is -2.45. The Morgan fingerprint density at radius 1 is 1.27 bits per heavy atom. The summed E-state index contributed by atoms with van der Waals surface area (Å²) >= 11 is 0. The molecule has 0 aliphatic carbocycles. The van der Waals surface area contributed by atoms with Crippen LogP contribution in [-0.2, 0) is 11.3 Å². The van der Waals surface area contributed by atoms with E-state index < -0.39 is 12.6 Å². The molecule has 26 heavy (non-hydrogen) atoms. The summed E-state index contributed by atoms with van der Waals surface area (Å²) in [6.45, 7) is 5.88. The topological polar surface area (TPSA) is 61.8 Å². The monoisotopic (exact) mass is 373 g/mol. The second-order valence-corrected chi connectivity index (χ2v) is 6.40. The van der Waals surface area contributed by atoms with Crippen LogP contribution < -0.4 is 15.5 Å². The first-order valence-corrected chi connectivity index (χ1v) is 8.63. The van der Waals surface area contributed by atoms with Gasteiger partial charge in [-0.3, -0.25) is 4.99 Å². The number of halogens is 3. The van der Waals surface area contributed by atoms with E-state index in [9.17, 15) is 13.2 Å². The Hall–Kier alpha value is -2.03. The van der Waals surface area contributed by atoms with Crippen LogP contribution in [0.15, 0.2) is 23.3 Å². The Morgan fingerprint density at radius 2 is 1.96 bits per heavy atom. The minimum atomic E-state index is -4.18. The van der Waals surface area contributed by atoms with Gasteiger partial charge in [-0.05, 0) is 25.5 Å². The minimum absolute atomic E-state index is 0.160. The van der Waals surface area contributed by atoms with Crippen molar-refractivity contribution >= 4 is 11.8 Å². The van der Waals surface area contributed by atoms with Crippen LogP contribution in [0.1, 0.15) is 25.8 Å². The van der Waals surface area contributed by atoms with Crippen molar-refractivity contribution in [1.29, 1.82) is 0 Å². The standard InChI is InChI=1S/C17H26F3N5O/c1-12-10-25(11-13(2)26-12)15-5-4-14(8-23-15)9-24-16(21-3)22-7-6-17(18,19)20/h4-5,8,12-13H,6-7,9-11H2,1-3H3,(H2,21,22,24). The number of pyridine rings is 1. The Morgan fingerprint density at radius 3 is 2.50 bits per heavy atom. The number of hydrogen-bond acceptors (Lipinski definition) is 4. The predicted molar refractivity (Wildman–Crippen MR) is 95.3 cm³/mol. The van der Waals surface area contributed by atoms with Gasteiger partial charge in [0.1, 0.15) is 5.82 Å². The van der Waals surface area contributed by atoms with Gasteiger partial charge in [0.25, 0.3) is 0 Å². The molecule has 1 aliphatic rings. The molecule has 2 heterocycles. The maximum absolute atomic E-state index is 12.2. The molecule has 0 bridgehead atoms. The van der Waals surface area contributed by atoms with Gasteiger partial charge in [-0.1, -0.05) is 6.07 Å². The number of nitrogens with one attached hydrogen (secondary N) is 2. The summed E-state index contributed by atoms with van der Waals surface area (Å²) in [4.78, 5) is 10.6. The van der Waals surface area contributed by atoms with Gasteiger partial charge in [-0.15, -0.1) is 0 Å². The Kier molecular flexibility index (Phi) is 7.07. The average Bonchev–Trinajstić information content (AvgIpc) is 2.56. The van der Waals surface area contributed by atoms with E-state index >= 15 is 0 Å². The molecule has 0 spiro atoms. The fourth-order valence-electron chi connectivity index (χ4n) is 2.80. The zero-order chi connectivity index (χ0) is 19.2. The summed E-state index contributed by atoms with van der Waals surface area (Å²) in [5, 5.41) is 5.63. The molecule has 6 nitrogen and oxygen atoms in total. The molecule has 1 fully saturated rings. The zero-order valence-electron chi connectivity index (χ0n) is 15.3. The second kappa shape index (κ2) is 9.07. The van der Waals surface area contributed by atoms with Crippen LogP contribution in [0.3, 0.4) is 0 Å². The molecule has 2 N–H and O–H groups in total. The van der Waals surface area contributed by atoms with Crippen molar-refractivity contribution in [2.75, 3.05) is 31.6 Å². The smallest absolute Gasteiger partial charge is 0.372 e. The highest BCUT2D eigenvalue weighted by Crippen LogP contribution is 2.19. The molecule has 1 aromatic rings. The van der Waals surface area contributed by atoms with Gasteiger partial charge in [0.15, 0.2) is 5.96 Å². The van der Waals surface area contributed by atoms with Crippen LogP contribution in [0.25, 0.3) is 0 Å². The molecule has 0 aromatic carbocycles. The van der Waals surface area contributed by atoms with E-state index in [1.807, 2.05) is 26.0 Å². The SMILES string of the molecule is CN=C(NCCC(F)(F)F)NCc1ccc(N2CC(C)OC(C)C2)nc1. The first-order valence-electron chi connectivity index (χ1n) is 8.63. The van der Waals surface area contributed by atoms with Gasteiger partial charge in [0.05, 0.1) is 18.6 Å². The Balaban J connectivity index is 1.83. The van der Waals surface area contributed by atoms with Crippen LogP contribution in [0.5, 0.6) is 0 Å². The van der Waals surface area contributed by atoms with E-state index in [0.29, 0.717) is 12.5 Å². The normalized spacial score (nSPS) is 21.6. The van der Waals surface area contributed by atoms with Crippen LogP contribution in [0, 0.1) is 0 Å². The number of aromatic nitrogens is 1. The van der Waals surface area contributed by atoms with Gasteiger partial charge < -0.3 is 20.3 Å². The molecule has 1 saturated heterocycles. The highest BCUT2D eigenvalue weighted by molar-refractivity contribution is 5.79. The number of ether oxygens (including phenoxy) is 1. The van der Waals surface area contributed by atoms with Crippen molar-refractivity contribution in [3.05, 3.63) is 23.9 Å². The van der Waals surface area contributed by atoms with E-state index in [4.69, 9.17) is 4.74 Å². The summed E-state index contributed by atoms with van der Waals surface area (Å²) in [6, 6.07) is 3.89. The summed E-state index contributed by atoms with van der Waals surface area (Å²) < 4.78 is 42.3. The number of rotatable bonds is 5. The number of anilines is 1.